The first kappa shape index (κ1) is 23.5. The maximum absolute atomic E-state index is 13.4. The van der Waals surface area contributed by atoms with E-state index in [1.165, 1.54) is 16.7 Å². The summed E-state index contributed by atoms with van der Waals surface area (Å²) in [5, 5.41) is 5.55. The van der Waals surface area contributed by atoms with Gasteiger partial charge in [0.2, 0.25) is 0 Å². The number of aromatic amines is 1. The van der Waals surface area contributed by atoms with E-state index in [0.29, 0.717) is 23.7 Å². The van der Waals surface area contributed by atoms with E-state index in [0.717, 1.165) is 0 Å². The maximum Gasteiger partial charge on any atom is 0.330 e. The fraction of sp³-hybridized carbons (Fsp3) is 0.348. The Balaban J connectivity index is 1.85. The molecular formula is C23H24ClN5O5. The average Bonchev–Trinajstić information content (AvgIpc) is 2.76. The van der Waals surface area contributed by atoms with E-state index in [4.69, 9.17) is 16.3 Å². The molecule has 3 heterocycles. The number of nitrogens with zero attached hydrogens (tertiary/aromatic N) is 2. The summed E-state index contributed by atoms with van der Waals surface area (Å²) in [6, 6.07) is 4.52. The predicted molar refractivity (Wildman–Crippen MR) is 129 cm³/mol. The maximum atomic E-state index is 13.4. The van der Waals surface area contributed by atoms with Crippen LogP contribution in [0.25, 0.3) is 11.0 Å². The highest BCUT2D eigenvalue weighted by Crippen LogP contribution is 2.36. The van der Waals surface area contributed by atoms with Crippen LogP contribution >= 0.6 is 11.6 Å². The minimum absolute atomic E-state index is 0.0137. The number of aromatic nitrogens is 3. The zero-order valence-electron chi connectivity index (χ0n) is 19.1. The molecule has 2 aromatic heterocycles. The lowest BCUT2D eigenvalue weighted by Crippen LogP contribution is -2.33. The molecule has 0 saturated carbocycles. The van der Waals surface area contributed by atoms with Crippen LogP contribution in [0.15, 0.2) is 27.8 Å². The average molecular weight is 486 g/mol. The second-order valence-corrected chi connectivity index (χ2v) is 9.24. The summed E-state index contributed by atoms with van der Waals surface area (Å²) in [7, 11) is 0. The number of benzene rings is 1. The van der Waals surface area contributed by atoms with Gasteiger partial charge in [0.25, 0.3) is 17.4 Å². The van der Waals surface area contributed by atoms with E-state index in [1.807, 2.05) is 27.7 Å². The molecular weight excluding hydrogens is 462 g/mol. The third kappa shape index (κ3) is 4.41. The molecule has 1 aliphatic heterocycles. The molecule has 0 fully saturated rings. The van der Waals surface area contributed by atoms with Crippen molar-refractivity contribution < 1.29 is 14.3 Å². The molecule has 10 nitrogen and oxygen atoms in total. The zero-order valence-corrected chi connectivity index (χ0v) is 19.9. The Labute approximate surface area is 199 Å². The number of hydrogen-bond acceptors (Lipinski definition) is 6. The fourth-order valence-electron chi connectivity index (χ4n) is 3.69. The highest BCUT2D eigenvalue weighted by atomic mass is 35.5. The van der Waals surface area contributed by atoms with Crippen LogP contribution in [0.4, 0.5) is 11.4 Å². The minimum Gasteiger partial charge on any atom is -0.482 e. The van der Waals surface area contributed by atoms with Gasteiger partial charge in [0, 0.05) is 18.3 Å². The summed E-state index contributed by atoms with van der Waals surface area (Å²) >= 11 is 6.33. The van der Waals surface area contributed by atoms with E-state index in [1.54, 1.807) is 6.07 Å². The number of anilines is 2. The number of H-pyrrole nitrogens is 1. The van der Waals surface area contributed by atoms with Crippen molar-refractivity contribution in [3.63, 3.8) is 0 Å². The largest absolute Gasteiger partial charge is 0.482 e. The Morgan fingerprint density at radius 1 is 1.21 bits per heavy atom. The summed E-state index contributed by atoms with van der Waals surface area (Å²) in [4.78, 5) is 57.2. The number of hydrogen-bond donors (Lipinski definition) is 3. The monoisotopic (exact) mass is 485 g/mol. The first-order chi connectivity index (χ1) is 16.0. The van der Waals surface area contributed by atoms with Crippen molar-refractivity contribution in [2.45, 2.75) is 40.2 Å². The van der Waals surface area contributed by atoms with Crippen LogP contribution in [0.3, 0.4) is 0 Å². The molecule has 0 unspecified atom stereocenters. The molecule has 0 atom stereocenters. The number of carbonyl (C=O) groups is 2. The Morgan fingerprint density at radius 3 is 2.62 bits per heavy atom. The molecule has 3 N–H and O–H groups in total. The van der Waals surface area contributed by atoms with Crippen LogP contribution in [-0.2, 0) is 11.3 Å². The second-order valence-electron chi connectivity index (χ2n) is 8.83. The Morgan fingerprint density at radius 2 is 1.94 bits per heavy atom. The van der Waals surface area contributed by atoms with E-state index in [2.05, 4.69) is 20.6 Å². The van der Waals surface area contributed by atoms with Gasteiger partial charge in [-0.15, -0.1) is 0 Å². The summed E-state index contributed by atoms with van der Waals surface area (Å²) in [6.07, 6.45) is 0. The lowest BCUT2D eigenvalue weighted by molar-refractivity contribution is -0.118. The molecule has 4 rings (SSSR count). The minimum atomic E-state index is -0.699. The standard InChI is InChI=1S/C23H24ClN5O5/c1-10(2)8-29-20-19(22(32)28-23(29)33)12(5-14(26-20)11(3)4)21(31)27-15-7-17-16(6-13(15)24)25-18(30)9-34-17/h5-7,10-11H,8-9H2,1-4H3,(H,25,30)(H,27,31)(H,28,32,33). The van der Waals surface area contributed by atoms with Crippen molar-refractivity contribution >= 4 is 45.8 Å². The second kappa shape index (κ2) is 8.94. The molecule has 0 radical (unpaired) electrons. The summed E-state index contributed by atoms with van der Waals surface area (Å²) < 4.78 is 6.78. The molecule has 1 aliphatic rings. The van der Waals surface area contributed by atoms with E-state index < -0.39 is 17.2 Å². The van der Waals surface area contributed by atoms with Crippen molar-refractivity contribution in [2.75, 3.05) is 17.2 Å². The third-order valence-electron chi connectivity index (χ3n) is 5.30. The summed E-state index contributed by atoms with van der Waals surface area (Å²) in [5.41, 5.74) is 0.132. The van der Waals surface area contributed by atoms with Crippen molar-refractivity contribution in [3.05, 3.63) is 55.3 Å². The SMILES string of the molecule is CC(C)Cn1c(=O)[nH]c(=O)c2c(C(=O)Nc3cc4c(cc3Cl)NC(=O)CO4)cc(C(C)C)nc21. The molecule has 178 valence electrons. The quantitative estimate of drug-likeness (QED) is 0.508. The molecule has 0 bridgehead atoms. The van der Waals surface area contributed by atoms with Crippen LogP contribution in [0.1, 0.15) is 49.7 Å². The number of nitrogens with one attached hydrogen (secondary N) is 3. The summed E-state index contributed by atoms with van der Waals surface area (Å²) in [5.74, 6) is -0.524. The van der Waals surface area contributed by atoms with Gasteiger partial charge in [-0.1, -0.05) is 39.3 Å². The van der Waals surface area contributed by atoms with Crippen LogP contribution < -0.4 is 26.6 Å². The lowest BCUT2D eigenvalue weighted by atomic mass is 10.0. The molecule has 0 spiro atoms. The van der Waals surface area contributed by atoms with Gasteiger partial charge in [0.15, 0.2) is 12.3 Å². The van der Waals surface area contributed by atoms with Crippen LogP contribution in [0.5, 0.6) is 5.75 Å². The highest BCUT2D eigenvalue weighted by Gasteiger charge is 2.23. The third-order valence-corrected chi connectivity index (χ3v) is 5.62. The van der Waals surface area contributed by atoms with Crippen molar-refractivity contribution in [3.8, 4) is 5.75 Å². The summed E-state index contributed by atoms with van der Waals surface area (Å²) in [6.45, 7) is 7.84. The smallest absolute Gasteiger partial charge is 0.330 e. The number of amides is 2. The normalized spacial score (nSPS) is 13.1. The molecule has 34 heavy (non-hydrogen) atoms. The first-order valence-electron chi connectivity index (χ1n) is 10.8. The van der Waals surface area contributed by atoms with Gasteiger partial charge in [-0.05, 0) is 24.0 Å². The number of ether oxygens (including phenoxy) is 1. The van der Waals surface area contributed by atoms with Gasteiger partial charge in [0.05, 0.1) is 27.3 Å². The van der Waals surface area contributed by atoms with Gasteiger partial charge in [0.1, 0.15) is 5.75 Å². The van der Waals surface area contributed by atoms with Gasteiger partial charge >= 0.3 is 5.69 Å². The van der Waals surface area contributed by atoms with Crippen LogP contribution in [0.2, 0.25) is 5.02 Å². The van der Waals surface area contributed by atoms with Gasteiger partial charge in [-0.25, -0.2) is 9.78 Å². The lowest BCUT2D eigenvalue weighted by Gasteiger charge is -2.20. The molecule has 11 heteroatoms. The molecule has 0 aliphatic carbocycles. The van der Waals surface area contributed by atoms with E-state index in [-0.39, 0.29) is 51.7 Å². The molecule has 1 aromatic carbocycles. The Kier molecular flexibility index (Phi) is 6.18. The van der Waals surface area contributed by atoms with Crippen molar-refractivity contribution in [1.82, 2.24) is 14.5 Å². The van der Waals surface area contributed by atoms with Crippen LogP contribution in [-0.4, -0.2) is 33.0 Å². The van der Waals surface area contributed by atoms with Crippen LogP contribution in [0, 0.1) is 5.92 Å². The Bertz CT molecular complexity index is 1440. The molecule has 3 aromatic rings. The zero-order chi connectivity index (χ0) is 24.7. The first-order valence-corrected chi connectivity index (χ1v) is 11.2. The number of halogens is 1. The van der Waals surface area contributed by atoms with Gasteiger partial charge in [-0.3, -0.25) is 23.9 Å². The number of fused-ring (bicyclic) bond motifs is 2. The highest BCUT2D eigenvalue weighted by molar-refractivity contribution is 6.34. The Hall–Kier alpha value is -3.66. The van der Waals surface area contributed by atoms with Gasteiger partial charge in [-0.2, -0.15) is 0 Å². The van der Waals surface area contributed by atoms with E-state index >= 15 is 0 Å². The van der Waals surface area contributed by atoms with Gasteiger partial charge < -0.3 is 15.4 Å². The topological polar surface area (TPSA) is 135 Å². The number of rotatable bonds is 5. The fourth-order valence-corrected chi connectivity index (χ4v) is 3.90. The number of carbonyl (C=O) groups excluding carboxylic acids is 2. The van der Waals surface area contributed by atoms with Crippen molar-refractivity contribution in [2.24, 2.45) is 5.92 Å². The molecule has 2 amide bonds. The predicted octanol–water partition coefficient (Wildman–Crippen LogP) is 3.10. The number of pyridine rings is 1. The molecule has 0 saturated heterocycles. The van der Waals surface area contributed by atoms with E-state index in [9.17, 15) is 19.2 Å². The van der Waals surface area contributed by atoms with Crippen molar-refractivity contribution in [1.29, 1.82) is 0 Å².